The Hall–Kier alpha value is -7.70. The van der Waals surface area contributed by atoms with Crippen molar-refractivity contribution >= 4 is 68.6 Å². The zero-order chi connectivity index (χ0) is 47.8. The fourth-order valence-electron chi connectivity index (χ4n) is 7.29. The van der Waals surface area contributed by atoms with Crippen LogP contribution in [0.2, 0.25) is 5.15 Å². The van der Waals surface area contributed by atoms with Gasteiger partial charge in [-0.05, 0) is 104 Å². The predicted octanol–water partition coefficient (Wildman–Crippen LogP) is 6.31. The molecule has 3 aliphatic carbocycles. The third kappa shape index (κ3) is 10.1. The van der Waals surface area contributed by atoms with E-state index in [0.717, 1.165) is 49.2 Å². The molecule has 66 heavy (non-hydrogen) atoms. The quantitative estimate of drug-likeness (QED) is 0.0740. The number of halogens is 2. The minimum absolute atomic E-state index is 0.149. The van der Waals surface area contributed by atoms with E-state index in [4.69, 9.17) is 32.5 Å². The second kappa shape index (κ2) is 20.9. The Bertz CT molecular complexity index is 3030. The second-order valence-corrected chi connectivity index (χ2v) is 15.5. The van der Waals surface area contributed by atoms with E-state index in [-0.39, 0.29) is 23.5 Å². The molecule has 0 amide bonds. The number of esters is 5. The van der Waals surface area contributed by atoms with Crippen LogP contribution < -0.4 is 17.0 Å². The topological polar surface area (TPSA) is 255 Å². The van der Waals surface area contributed by atoms with E-state index < -0.39 is 11.9 Å². The standard InChI is InChI=1S/C13H9ClN2O2.C13H10N2O3.C13H13NO4.C8H8BrNO2/c1-18-13(17)7-2-3-9-8(4-7)5-10-11(9)12(14)16-6-15-10;1-18-13(17)7-2-3-9-8(4-7)5-10-11(9)12(16)15-6-14-10;1-17-12(15)7-3-4-9-8(5-7)6-10(14)11(9)13(16)18-2;1-12-8(11)5-2-3-6(9)7(10)4-5/h2-4,6H,5H2,1H3;2-4,6H,5H2,1H3,(H,14,15,16);3-5H,6,14H2,1-2H3;2-4H,10H2,1H3. The molecule has 0 unspecified atom stereocenters. The van der Waals surface area contributed by atoms with Crippen molar-refractivity contribution in [1.29, 1.82) is 0 Å². The fraction of sp³-hybridized carbons (Fsp3) is 0.170. The summed E-state index contributed by atoms with van der Waals surface area (Å²) in [6, 6.07) is 20.5. The molecule has 17 nitrogen and oxygen atoms in total. The van der Waals surface area contributed by atoms with Crippen molar-refractivity contribution in [1.82, 2.24) is 19.9 Å². The van der Waals surface area contributed by atoms with Gasteiger partial charge in [0.2, 0.25) is 0 Å². The monoisotopic (exact) mass is 978 g/mol. The Morgan fingerprint density at radius 2 is 1.02 bits per heavy atom. The van der Waals surface area contributed by atoms with Gasteiger partial charge in [-0.3, -0.25) is 4.79 Å². The first-order valence-corrected chi connectivity index (χ1v) is 20.7. The number of nitrogens with one attached hydrogen (secondary N) is 1. The lowest BCUT2D eigenvalue weighted by molar-refractivity contribution is -0.133. The lowest BCUT2D eigenvalue weighted by atomic mass is 10.0. The van der Waals surface area contributed by atoms with Crippen LogP contribution in [0.1, 0.15) is 75.1 Å². The molecule has 6 aromatic rings. The number of allylic oxidation sites excluding steroid dienone is 1. The van der Waals surface area contributed by atoms with E-state index in [1.54, 1.807) is 60.7 Å². The summed E-state index contributed by atoms with van der Waals surface area (Å²) in [5.41, 5.74) is 23.0. The lowest BCUT2D eigenvalue weighted by Gasteiger charge is -2.05. The maximum atomic E-state index is 11.8. The number of fused-ring (bicyclic) bond motifs is 7. The molecule has 0 radical (unpaired) electrons. The molecule has 5 N–H and O–H groups in total. The predicted molar refractivity (Wildman–Crippen MR) is 246 cm³/mol. The molecule has 3 aliphatic rings. The van der Waals surface area contributed by atoms with Gasteiger partial charge in [0.25, 0.3) is 5.56 Å². The first-order valence-electron chi connectivity index (χ1n) is 19.5. The van der Waals surface area contributed by atoms with Crippen molar-refractivity contribution in [2.24, 2.45) is 5.73 Å². The highest BCUT2D eigenvalue weighted by atomic mass is 79.9. The summed E-state index contributed by atoms with van der Waals surface area (Å²) in [4.78, 5) is 83.6. The Labute approximate surface area is 390 Å². The fourth-order valence-corrected chi connectivity index (χ4v) is 7.79. The van der Waals surface area contributed by atoms with E-state index in [0.29, 0.717) is 74.8 Å². The van der Waals surface area contributed by atoms with Gasteiger partial charge in [-0.25, -0.2) is 38.9 Å². The van der Waals surface area contributed by atoms with Gasteiger partial charge in [-0.2, -0.15) is 0 Å². The molecule has 0 spiro atoms. The lowest BCUT2D eigenvalue weighted by Crippen LogP contribution is -2.09. The molecule has 19 heteroatoms. The third-order valence-electron chi connectivity index (χ3n) is 10.4. The van der Waals surface area contributed by atoms with E-state index in [1.165, 1.54) is 48.2 Å². The van der Waals surface area contributed by atoms with Gasteiger partial charge in [0.1, 0.15) is 11.5 Å². The normalized spacial score (nSPS) is 11.8. The summed E-state index contributed by atoms with van der Waals surface area (Å²) >= 11 is 9.31. The summed E-state index contributed by atoms with van der Waals surface area (Å²) in [6.45, 7) is 0. The second-order valence-electron chi connectivity index (χ2n) is 14.3. The number of anilines is 1. The summed E-state index contributed by atoms with van der Waals surface area (Å²) < 4.78 is 24.0. The summed E-state index contributed by atoms with van der Waals surface area (Å²) in [7, 11) is 6.68. The maximum Gasteiger partial charge on any atom is 0.340 e. The Morgan fingerprint density at radius 1 is 0.576 bits per heavy atom. The third-order valence-corrected chi connectivity index (χ3v) is 11.4. The molecule has 0 bridgehead atoms. The van der Waals surface area contributed by atoms with Gasteiger partial charge < -0.3 is 40.1 Å². The molecule has 0 fully saturated rings. The zero-order valence-corrected chi connectivity index (χ0v) is 38.3. The highest BCUT2D eigenvalue weighted by molar-refractivity contribution is 9.10. The van der Waals surface area contributed by atoms with Crippen LogP contribution in [0, 0.1) is 0 Å². The van der Waals surface area contributed by atoms with Crippen LogP contribution in [0.15, 0.2) is 100 Å². The first-order chi connectivity index (χ1) is 31.6. The van der Waals surface area contributed by atoms with Crippen LogP contribution in [-0.2, 0) is 47.7 Å². The number of carbonyl (C=O) groups is 5. The van der Waals surface area contributed by atoms with E-state index >= 15 is 0 Å². The van der Waals surface area contributed by atoms with Gasteiger partial charge in [0.15, 0.2) is 0 Å². The molecule has 0 atom stereocenters. The smallest absolute Gasteiger partial charge is 0.340 e. The summed E-state index contributed by atoms with van der Waals surface area (Å²) in [5, 5.41) is 0.449. The number of nitrogens with two attached hydrogens (primary N) is 2. The van der Waals surface area contributed by atoms with E-state index in [9.17, 15) is 28.8 Å². The molecule has 338 valence electrons. The minimum atomic E-state index is -0.461. The number of nitrogens with zero attached hydrogens (tertiary/aromatic N) is 3. The molecule has 0 saturated heterocycles. The number of benzene rings is 4. The SMILES string of the molecule is COC(=O)C1=C(N)Cc2cc(C(=O)OC)ccc21.COC(=O)c1ccc(Br)c(N)c1.COC(=O)c1ccc2c(c1)Cc1nc[nH]c(=O)c1-2.COC(=O)c1ccc2c(c1)Cc1ncnc(Cl)c1-2. The number of methoxy groups -OCH3 is 5. The highest BCUT2D eigenvalue weighted by Crippen LogP contribution is 2.39. The van der Waals surface area contributed by atoms with Crippen LogP contribution >= 0.6 is 27.5 Å². The summed E-state index contributed by atoms with van der Waals surface area (Å²) in [5.74, 6) is -1.98. The van der Waals surface area contributed by atoms with Crippen molar-refractivity contribution in [3.8, 4) is 22.3 Å². The summed E-state index contributed by atoms with van der Waals surface area (Å²) in [6.07, 6.45) is 4.52. The van der Waals surface area contributed by atoms with Crippen molar-refractivity contribution in [2.45, 2.75) is 19.3 Å². The van der Waals surface area contributed by atoms with Crippen molar-refractivity contribution in [2.75, 3.05) is 41.3 Å². The number of ether oxygens (including phenoxy) is 5. The zero-order valence-electron chi connectivity index (χ0n) is 35.9. The van der Waals surface area contributed by atoms with Crippen molar-refractivity contribution in [3.05, 3.63) is 167 Å². The maximum absolute atomic E-state index is 11.8. The number of hydrogen-bond donors (Lipinski definition) is 3. The largest absolute Gasteiger partial charge is 0.465 e. The van der Waals surface area contributed by atoms with Gasteiger partial charge in [0, 0.05) is 40.7 Å². The highest BCUT2D eigenvalue weighted by Gasteiger charge is 2.28. The minimum Gasteiger partial charge on any atom is -0.465 e. The molecule has 2 heterocycles. The van der Waals surface area contributed by atoms with E-state index in [2.05, 4.69) is 50.1 Å². The number of hydrogen-bond acceptors (Lipinski definition) is 16. The first kappa shape index (κ1) is 47.8. The molecular formula is C47H40BrClN6O11. The van der Waals surface area contributed by atoms with Gasteiger partial charge in [-0.1, -0.05) is 29.8 Å². The average molecular weight is 980 g/mol. The Morgan fingerprint density at radius 3 is 1.52 bits per heavy atom. The number of carbonyl (C=O) groups excluding carboxylic acids is 5. The molecular weight excluding hydrogens is 940 g/mol. The molecule has 0 aliphatic heterocycles. The van der Waals surface area contributed by atoms with Crippen LogP contribution in [0.3, 0.4) is 0 Å². The number of aromatic amines is 1. The van der Waals surface area contributed by atoms with Gasteiger partial charge in [-0.15, -0.1) is 0 Å². The van der Waals surface area contributed by atoms with Gasteiger partial charge >= 0.3 is 29.8 Å². The van der Waals surface area contributed by atoms with Gasteiger partial charge in [0.05, 0.1) is 86.7 Å². The average Bonchev–Trinajstić information content (AvgIpc) is 4.02. The van der Waals surface area contributed by atoms with E-state index in [1.807, 2.05) is 12.1 Å². The molecule has 4 aromatic carbocycles. The molecule has 9 rings (SSSR count). The van der Waals surface area contributed by atoms with Crippen LogP contribution in [0.25, 0.3) is 27.8 Å². The number of rotatable bonds is 5. The van der Waals surface area contributed by atoms with Crippen LogP contribution in [0.5, 0.6) is 0 Å². The Kier molecular flexibility index (Phi) is 15.1. The molecule has 0 saturated carbocycles. The Balaban J connectivity index is 0.000000147. The number of H-pyrrole nitrogens is 1. The van der Waals surface area contributed by atoms with Crippen LogP contribution in [-0.4, -0.2) is 85.3 Å². The number of nitrogen functional groups attached to an aromatic ring is 1. The number of aromatic nitrogens is 4. The molecule has 2 aromatic heterocycles. The van der Waals surface area contributed by atoms with Crippen molar-refractivity contribution < 1.29 is 47.7 Å². The van der Waals surface area contributed by atoms with Crippen molar-refractivity contribution in [3.63, 3.8) is 0 Å². The van der Waals surface area contributed by atoms with Crippen LogP contribution in [0.4, 0.5) is 5.69 Å².